The van der Waals surface area contributed by atoms with Crippen LogP contribution in [0.5, 0.6) is 5.75 Å². The highest BCUT2D eigenvalue weighted by molar-refractivity contribution is 6.42. The SMILES string of the molecule is CCCc1nc2cnc3cc(OCc4ccc(Cl)c(Cl)c4)ccc3c2n1CC(C)C. The van der Waals surface area contributed by atoms with Crippen LogP contribution < -0.4 is 4.74 Å². The molecule has 4 nitrogen and oxygen atoms in total. The van der Waals surface area contributed by atoms with Crippen molar-refractivity contribution in [3.63, 3.8) is 0 Å². The number of imidazole rings is 1. The summed E-state index contributed by atoms with van der Waals surface area (Å²) in [4.78, 5) is 9.52. The number of pyridine rings is 1. The minimum absolute atomic E-state index is 0.413. The standard InChI is InChI=1S/C24H25Cl2N3O/c1-4-5-23-28-22-12-27-21-11-17(30-14-16-6-9-19(25)20(26)10-16)7-8-18(21)24(22)29(23)13-15(2)3/h6-12,15H,4-5,13-14H2,1-3H3. The summed E-state index contributed by atoms with van der Waals surface area (Å²) >= 11 is 12.1. The fourth-order valence-corrected chi connectivity index (χ4v) is 4.03. The number of benzene rings is 2. The molecule has 0 saturated heterocycles. The summed E-state index contributed by atoms with van der Waals surface area (Å²) in [7, 11) is 0. The fourth-order valence-electron chi connectivity index (χ4n) is 3.70. The first-order valence-corrected chi connectivity index (χ1v) is 11.1. The maximum atomic E-state index is 6.10. The maximum absolute atomic E-state index is 6.10. The highest BCUT2D eigenvalue weighted by Crippen LogP contribution is 2.29. The van der Waals surface area contributed by atoms with Crippen molar-refractivity contribution in [2.75, 3.05) is 0 Å². The lowest BCUT2D eigenvalue weighted by Gasteiger charge is -2.13. The molecule has 0 radical (unpaired) electrons. The first-order chi connectivity index (χ1) is 14.5. The second kappa shape index (κ2) is 8.83. The summed E-state index contributed by atoms with van der Waals surface area (Å²) in [6.45, 7) is 8.02. The molecule has 4 rings (SSSR count). The molecular formula is C24H25Cl2N3O. The van der Waals surface area contributed by atoms with E-state index in [0.717, 1.165) is 58.5 Å². The third-order valence-corrected chi connectivity index (χ3v) is 5.77. The molecule has 0 unspecified atom stereocenters. The van der Waals surface area contributed by atoms with Crippen LogP contribution in [-0.2, 0) is 19.6 Å². The number of rotatable bonds is 7. The van der Waals surface area contributed by atoms with Crippen LogP contribution in [0.15, 0.2) is 42.6 Å². The number of nitrogens with zero attached hydrogens (tertiary/aromatic N) is 3. The van der Waals surface area contributed by atoms with Gasteiger partial charge in [-0.25, -0.2) is 4.98 Å². The molecule has 4 aromatic rings. The lowest BCUT2D eigenvalue weighted by Crippen LogP contribution is -2.08. The molecule has 0 aliphatic rings. The topological polar surface area (TPSA) is 39.9 Å². The summed E-state index contributed by atoms with van der Waals surface area (Å²) in [6, 6.07) is 11.6. The van der Waals surface area contributed by atoms with Gasteiger partial charge in [-0.2, -0.15) is 0 Å². The van der Waals surface area contributed by atoms with Crippen molar-refractivity contribution >= 4 is 45.1 Å². The largest absolute Gasteiger partial charge is 0.489 e. The Morgan fingerprint density at radius 2 is 1.87 bits per heavy atom. The predicted octanol–water partition coefficient (Wildman–Crippen LogP) is 7.08. The summed E-state index contributed by atoms with van der Waals surface area (Å²) in [6.07, 6.45) is 3.91. The number of halogens is 2. The second-order valence-corrected chi connectivity index (χ2v) is 8.81. The lowest BCUT2D eigenvalue weighted by atomic mass is 10.1. The van der Waals surface area contributed by atoms with E-state index in [2.05, 4.69) is 36.4 Å². The Bertz CT molecular complexity index is 1200. The first-order valence-electron chi connectivity index (χ1n) is 10.3. The normalized spacial score (nSPS) is 11.7. The molecule has 30 heavy (non-hydrogen) atoms. The van der Waals surface area contributed by atoms with E-state index in [1.807, 2.05) is 30.5 Å². The van der Waals surface area contributed by atoms with E-state index in [-0.39, 0.29) is 0 Å². The molecule has 0 spiro atoms. The molecule has 2 aromatic heterocycles. The highest BCUT2D eigenvalue weighted by Gasteiger charge is 2.15. The number of aromatic nitrogens is 3. The number of fused-ring (bicyclic) bond motifs is 3. The smallest absolute Gasteiger partial charge is 0.122 e. The van der Waals surface area contributed by atoms with Crippen LogP contribution in [0.4, 0.5) is 0 Å². The maximum Gasteiger partial charge on any atom is 0.122 e. The first kappa shape index (κ1) is 21.0. The van der Waals surface area contributed by atoms with E-state index in [4.69, 9.17) is 32.9 Å². The van der Waals surface area contributed by atoms with E-state index in [0.29, 0.717) is 22.6 Å². The molecule has 6 heteroatoms. The summed E-state index contributed by atoms with van der Waals surface area (Å²) in [5, 5.41) is 2.17. The van der Waals surface area contributed by atoms with Crippen LogP contribution in [0.2, 0.25) is 10.0 Å². The van der Waals surface area contributed by atoms with Crippen molar-refractivity contribution in [3.8, 4) is 5.75 Å². The van der Waals surface area contributed by atoms with Gasteiger partial charge in [0.25, 0.3) is 0 Å². The molecule has 0 bridgehead atoms. The number of aryl methyl sites for hydroxylation is 1. The van der Waals surface area contributed by atoms with Gasteiger partial charge in [-0.3, -0.25) is 4.98 Å². The van der Waals surface area contributed by atoms with Gasteiger partial charge in [0, 0.05) is 24.4 Å². The molecule has 2 aromatic carbocycles. The number of ether oxygens (including phenoxy) is 1. The van der Waals surface area contributed by atoms with Crippen molar-refractivity contribution in [1.82, 2.24) is 14.5 Å². The van der Waals surface area contributed by atoms with Crippen LogP contribution in [-0.4, -0.2) is 14.5 Å². The van der Waals surface area contributed by atoms with Crippen LogP contribution in [0.3, 0.4) is 0 Å². The number of hydrogen-bond donors (Lipinski definition) is 0. The Balaban J connectivity index is 1.69. The van der Waals surface area contributed by atoms with Crippen LogP contribution >= 0.6 is 23.2 Å². The monoisotopic (exact) mass is 441 g/mol. The van der Waals surface area contributed by atoms with E-state index in [1.54, 1.807) is 6.07 Å². The zero-order valence-corrected chi connectivity index (χ0v) is 19.0. The van der Waals surface area contributed by atoms with Gasteiger partial charge in [0.05, 0.1) is 27.3 Å². The molecule has 0 amide bonds. The Morgan fingerprint density at radius 1 is 1.03 bits per heavy atom. The predicted molar refractivity (Wildman–Crippen MR) is 125 cm³/mol. The Morgan fingerprint density at radius 3 is 2.60 bits per heavy atom. The zero-order valence-electron chi connectivity index (χ0n) is 17.5. The van der Waals surface area contributed by atoms with Gasteiger partial charge < -0.3 is 9.30 Å². The molecule has 0 atom stereocenters. The summed E-state index contributed by atoms with van der Waals surface area (Å²) in [5.74, 6) is 2.44. The Hall–Kier alpha value is -2.30. The van der Waals surface area contributed by atoms with Gasteiger partial charge in [-0.05, 0) is 42.2 Å². The van der Waals surface area contributed by atoms with E-state index in [1.165, 1.54) is 0 Å². The van der Waals surface area contributed by atoms with Crippen molar-refractivity contribution in [1.29, 1.82) is 0 Å². The average molecular weight is 442 g/mol. The summed E-state index contributed by atoms with van der Waals surface area (Å²) < 4.78 is 8.35. The quantitative estimate of drug-likeness (QED) is 0.307. The third-order valence-electron chi connectivity index (χ3n) is 5.03. The molecule has 0 N–H and O–H groups in total. The van der Waals surface area contributed by atoms with Crippen molar-refractivity contribution in [2.24, 2.45) is 5.92 Å². The second-order valence-electron chi connectivity index (χ2n) is 7.99. The van der Waals surface area contributed by atoms with Gasteiger partial charge in [-0.1, -0.05) is 50.0 Å². The Kier molecular flexibility index (Phi) is 6.16. The minimum Gasteiger partial charge on any atom is -0.489 e. The molecule has 156 valence electrons. The summed E-state index contributed by atoms with van der Waals surface area (Å²) in [5.41, 5.74) is 3.98. The molecule has 0 aliphatic heterocycles. The third kappa shape index (κ3) is 4.26. The van der Waals surface area contributed by atoms with Gasteiger partial charge in [0.1, 0.15) is 23.7 Å². The molecular weight excluding hydrogens is 417 g/mol. The van der Waals surface area contributed by atoms with Crippen molar-refractivity contribution in [3.05, 3.63) is 64.0 Å². The molecule has 2 heterocycles. The minimum atomic E-state index is 0.413. The van der Waals surface area contributed by atoms with Gasteiger partial charge in [0.15, 0.2) is 0 Å². The Labute approximate surface area is 186 Å². The molecule has 0 aliphatic carbocycles. The van der Waals surface area contributed by atoms with Crippen molar-refractivity contribution in [2.45, 2.75) is 46.8 Å². The molecule has 0 saturated carbocycles. The van der Waals surface area contributed by atoms with Gasteiger partial charge in [0.2, 0.25) is 0 Å². The lowest BCUT2D eigenvalue weighted by molar-refractivity contribution is 0.306. The van der Waals surface area contributed by atoms with E-state index >= 15 is 0 Å². The molecule has 0 fully saturated rings. The number of hydrogen-bond acceptors (Lipinski definition) is 3. The van der Waals surface area contributed by atoms with Gasteiger partial charge in [-0.15, -0.1) is 0 Å². The van der Waals surface area contributed by atoms with Crippen LogP contribution in [0, 0.1) is 5.92 Å². The fraction of sp³-hybridized carbons (Fsp3) is 0.333. The van der Waals surface area contributed by atoms with Crippen LogP contribution in [0.1, 0.15) is 38.6 Å². The van der Waals surface area contributed by atoms with Crippen molar-refractivity contribution < 1.29 is 4.74 Å². The van der Waals surface area contributed by atoms with E-state index < -0.39 is 0 Å². The average Bonchev–Trinajstić information content (AvgIpc) is 3.06. The van der Waals surface area contributed by atoms with Crippen LogP contribution in [0.25, 0.3) is 21.9 Å². The van der Waals surface area contributed by atoms with Gasteiger partial charge >= 0.3 is 0 Å². The van der Waals surface area contributed by atoms with E-state index in [9.17, 15) is 0 Å². The highest BCUT2D eigenvalue weighted by atomic mass is 35.5. The zero-order chi connectivity index (χ0) is 21.3.